The molecule has 3 nitrogen and oxygen atoms in total. The number of pyridine rings is 1. The van der Waals surface area contributed by atoms with Crippen molar-refractivity contribution >= 4 is 5.78 Å². The van der Waals surface area contributed by atoms with Crippen LogP contribution in [0.15, 0.2) is 73.1 Å². The van der Waals surface area contributed by atoms with Gasteiger partial charge in [-0.05, 0) is 77.0 Å². The molecule has 3 unspecified atom stereocenters. The van der Waals surface area contributed by atoms with Gasteiger partial charge in [-0.15, -0.1) is 0 Å². The summed E-state index contributed by atoms with van der Waals surface area (Å²) in [5.74, 6) is 1.87. The molecule has 3 atom stereocenters. The standard InChI is InChI=1S/C30H35NO2/c1-30(2,3)25-12-10-23(11-13-25)29-24(18-22-6-5-17-31-20-22)19-28(32)27(29)16-9-21-7-14-26(33-4)15-8-21/h5-8,10-15,17,20,24,27,29H,9,16,18-19H2,1-4H3. The third-order valence-corrected chi connectivity index (χ3v) is 7.10. The fourth-order valence-corrected chi connectivity index (χ4v) is 5.25. The molecule has 1 aliphatic carbocycles. The van der Waals surface area contributed by atoms with E-state index in [1.807, 2.05) is 30.6 Å². The van der Waals surface area contributed by atoms with Crippen molar-refractivity contribution in [2.75, 3.05) is 7.11 Å². The molecule has 1 heterocycles. The second kappa shape index (κ2) is 9.91. The molecule has 172 valence electrons. The van der Waals surface area contributed by atoms with Gasteiger partial charge in [0.25, 0.3) is 0 Å². The van der Waals surface area contributed by atoms with Crippen LogP contribution in [0.3, 0.4) is 0 Å². The van der Waals surface area contributed by atoms with Crippen molar-refractivity contribution in [2.45, 2.75) is 57.8 Å². The zero-order valence-electron chi connectivity index (χ0n) is 20.3. The zero-order chi connectivity index (χ0) is 23.4. The summed E-state index contributed by atoms with van der Waals surface area (Å²) in [6.45, 7) is 6.72. The number of hydrogen-bond acceptors (Lipinski definition) is 3. The highest BCUT2D eigenvalue weighted by molar-refractivity contribution is 5.85. The van der Waals surface area contributed by atoms with Crippen molar-refractivity contribution in [3.05, 3.63) is 95.3 Å². The van der Waals surface area contributed by atoms with E-state index < -0.39 is 0 Å². The van der Waals surface area contributed by atoms with Crippen LogP contribution in [0.25, 0.3) is 0 Å². The summed E-state index contributed by atoms with van der Waals surface area (Å²) in [6, 6.07) is 21.4. The van der Waals surface area contributed by atoms with Gasteiger partial charge >= 0.3 is 0 Å². The molecular formula is C30H35NO2. The van der Waals surface area contributed by atoms with E-state index in [4.69, 9.17) is 4.74 Å². The van der Waals surface area contributed by atoms with E-state index in [1.54, 1.807) is 7.11 Å². The summed E-state index contributed by atoms with van der Waals surface area (Å²) < 4.78 is 5.28. The summed E-state index contributed by atoms with van der Waals surface area (Å²) in [4.78, 5) is 17.6. The molecule has 3 aromatic rings. The highest BCUT2D eigenvalue weighted by Gasteiger charge is 2.42. The van der Waals surface area contributed by atoms with Gasteiger partial charge in [0.2, 0.25) is 0 Å². The van der Waals surface area contributed by atoms with E-state index in [-0.39, 0.29) is 17.3 Å². The highest BCUT2D eigenvalue weighted by atomic mass is 16.5. The second-order valence-electron chi connectivity index (χ2n) is 10.4. The van der Waals surface area contributed by atoms with Gasteiger partial charge in [0.15, 0.2) is 0 Å². The van der Waals surface area contributed by atoms with Gasteiger partial charge in [0, 0.05) is 24.7 Å². The number of aromatic nitrogens is 1. The van der Waals surface area contributed by atoms with E-state index in [0.29, 0.717) is 18.1 Å². The van der Waals surface area contributed by atoms with Crippen LogP contribution >= 0.6 is 0 Å². The number of rotatable bonds is 7. The number of nitrogens with zero attached hydrogens (tertiary/aromatic N) is 1. The second-order valence-corrected chi connectivity index (χ2v) is 10.4. The van der Waals surface area contributed by atoms with Crippen LogP contribution < -0.4 is 4.74 Å². The summed E-state index contributed by atoms with van der Waals surface area (Å²) in [6.07, 6.45) is 7.06. The van der Waals surface area contributed by atoms with Gasteiger partial charge in [-0.2, -0.15) is 0 Å². The average molecular weight is 442 g/mol. The van der Waals surface area contributed by atoms with E-state index in [9.17, 15) is 4.79 Å². The molecule has 2 aromatic carbocycles. The summed E-state index contributed by atoms with van der Waals surface area (Å²) in [7, 11) is 1.68. The lowest BCUT2D eigenvalue weighted by molar-refractivity contribution is -0.121. The molecule has 3 heteroatoms. The Morgan fingerprint density at radius 2 is 1.70 bits per heavy atom. The lowest BCUT2D eigenvalue weighted by atomic mass is 9.77. The maximum Gasteiger partial charge on any atom is 0.136 e. The van der Waals surface area contributed by atoms with Gasteiger partial charge in [0.05, 0.1) is 7.11 Å². The Morgan fingerprint density at radius 1 is 0.970 bits per heavy atom. The quantitative estimate of drug-likeness (QED) is 0.417. The lowest BCUT2D eigenvalue weighted by Crippen LogP contribution is -2.19. The lowest BCUT2D eigenvalue weighted by Gasteiger charge is -2.26. The molecule has 0 amide bonds. The third kappa shape index (κ3) is 5.52. The Kier molecular flexibility index (Phi) is 6.97. The van der Waals surface area contributed by atoms with Crippen LogP contribution in [0.1, 0.15) is 61.8 Å². The minimum absolute atomic E-state index is 0.0502. The van der Waals surface area contributed by atoms with Crippen molar-refractivity contribution in [3.8, 4) is 5.75 Å². The summed E-state index contributed by atoms with van der Waals surface area (Å²) in [5, 5.41) is 0. The van der Waals surface area contributed by atoms with Crippen LogP contribution in [0.4, 0.5) is 0 Å². The number of carbonyl (C=O) groups is 1. The number of aryl methyl sites for hydroxylation is 1. The summed E-state index contributed by atoms with van der Waals surface area (Å²) in [5.41, 5.74) is 5.20. The first-order valence-corrected chi connectivity index (χ1v) is 12.0. The number of benzene rings is 2. The molecule has 1 fully saturated rings. The van der Waals surface area contributed by atoms with Crippen molar-refractivity contribution in [3.63, 3.8) is 0 Å². The van der Waals surface area contributed by atoms with Crippen LogP contribution in [-0.4, -0.2) is 17.9 Å². The molecule has 0 bridgehead atoms. The first-order chi connectivity index (χ1) is 15.8. The molecule has 33 heavy (non-hydrogen) atoms. The molecule has 1 aromatic heterocycles. The van der Waals surface area contributed by atoms with E-state index in [2.05, 4.69) is 68.2 Å². The van der Waals surface area contributed by atoms with Crippen LogP contribution in [-0.2, 0) is 23.1 Å². The molecular weight excluding hydrogens is 406 g/mol. The first kappa shape index (κ1) is 23.2. The Bertz CT molecular complexity index is 1050. The molecule has 1 saturated carbocycles. The monoisotopic (exact) mass is 441 g/mol. The van der Waals surface area contributed by atoms with Gasteiger partial charge in [-0.3, -0.25) is 9.78 Å². The fraction of sp³-hybridized carbons (Fsp3) is 0.400. The van der Waals surface area contributed by atoms with Gasteiger partial charge < -0.3 is 4.74 Å². The molecule has 0 N–H and O–H groups in total. The molecule has 4 rings (SSSR count). The Balaban J connectivity index is 1.59. The smallest absolute Gasteiger partial charge is 0.136 e. The van der Waals surface area contributed by atoms with Crippen molar-refractivity contribution in [1.29, 1.82) is 0 Å². The third-order valence-electron chi connectivity index (χ3n) is 7.10. The van der Waals surface area contributed by atoms with E-state index in [1.165, 1.54) is 22.3 Å². The van der Waals surface area contributed by atoms with Gasteiger partial charge in [-0.1, -0.05) is 63.2 Å². The minimum atomic E-state index is 0.0502. The average Bonchev–Trinajstić information content (AvgIpc) is 3.12. The van der Waals surface area contributed by atoms with Gasteiger partial charge in [-0.25, -0.2) is 0 Å². The highest BCUT2D eigenvalue weighted by Crippen LogP contribution is 2.46. The number of methoxy groups -OCH3 is 1. The summed E-state index contributed by atoms with van der Waals surface area (Å²) >= 11 is 0. The van der Waals surface area contributed by atoms with Crippen molar-refractivity contribution in [1.82, 2.24) is 4.98 Å². The number of ether oxygens (including phenoxy) is 1. The number of ketones is 1. The van der Waals surface area contributed by atoms with Crippen molar-refractivity contribution in [2.24, 2.45) is 11.8 Å². The molecule has 0 aliphatic heterocycles. The van der Waals surface area contributed by atoms with Crippen molar-refractivity contribution < 1.29 is 9.53 Å². The van der Waals surface area contributed by atoms with E-state index in [0.717, 1.165) is 25.0 Å². The number of Topliss-reactive ketones (excluding diaryl/α,β-unsaturated/α-hetero) is 1. The Morgan fingerprint density at radius 3 is 2.30 bits per heavy atom. The van der Waals surface area contributed by atoms with Crippen LogP contribution in [0, 0.1) is 11.8 Å². The molecule has 0 saturated heterocycles. The zero-order valence-corrected chi connectivity index (χ0v) is 20.3. The van der Waals surface area contributed by atoms with Crippen LogP contribution in [0.5, 0.6) is 5.75 Å². The number of hydrogen-bond donors (Lipinski definition) is 0. The fourth-order valence-electron chi connectivity index (χ4n) is 5.25. The first-order valence-electron chi connectivity index (χ1n) is 12.0. The largest absolute Gasteiger partial charge is 0.497 e. The SMILES string of the molecule is COc1ccc(CCC2C(=O)CC(Cc3cccnc3)C2c2ccc(C(C)(C)C)cc2)cc1. The Hall–Kier alpha value is -2.94. The predicted molar refractivity (Wildman–Crippen MR) is 134 cm³/mol. The van der Waals surface area contributed by atoms with Gasteiger partial charge in [0.1, 0.15) is 11.5 Å². The maximum atomic E-state index is 13.3. The van der Waals surface area contributed by atoms with Crippen LogP contribution in [0.2, 0.25) is 0 Å². The maximum absolute atomic E-state index is 13.3. The molecule has 0 radical (unpaired) electrons. The minimum Gasteiger partial charge on any atom is -0.497 e. The van der Waals surface area contributed by atoms with E-state index >= 15 is 0 Å². The predicted octanol–water partition coefficient (Wildman–Crippen LogP) is 6.55. The Labute approximate surface area is 198 Å². The molecule has 0 spiro atoms. The molecule has 1 aliphatic rings. The number of carbonyl (C=O) groups excluding carboxylic acids is 1. The normalized spacial score (nSPS) is 20.7. The topological polar surface area (TPSA) is 39.2 Å².